The number of hydrogen-bond donors (Lipinski definition) is 0. The molecule has 0 aliphatic carbocycles. The maximum absolute atomic E-state index is 13.7. The molecule has 2 rings (SSSR count). The van der Waals surface area contributed by atoms with Crippen LogP contribution >= 0.6 is 0 Å². The van der Waals surface area contributed by atoms with Crippen LogP contribution in [0.2, 0.25) is 0 Å². The Labute approximate surface area is 122 Å². The quantitative estimate of drug-likeness (QED) is 0.838. The molecule has 1 fully saturated rings. The number of nitrogens with zero attached hydrogens (tertiary/aromatic N) is 2. The van der Waals surface area contributed by atoms with Crippen LogP contribution < -0.4 is 0 Å². The zero-order valence-corrected chi connectivity index (χ0v) is 11.9. The van der Waals surface area contributed by atoms with E-state index in [0.29, 0.717) is 39.0 Å². The fourth-order valence-corrected chi connectivity index (χ4v) is 2.43. The highest BCUT2D eigenvalue weighted by Crippen LogP contribution is 2.15. The molecule has 6 heteroatoms. The number of amides is 2. The SMILES string of the molecule is CCC(=O)N1CCCN(C(=O)c2cccc(F)c2F)CC1. The molecule has 0 N–H and O–H groups in total. The van der Waals surface area contributed by atoms with Crippen LogP contribution in [0.5, 0.6) is 0 Å². The Balaban J connectivity index is 2.10. The minimum Gasteiger partial charge on any atom is -0.341 e. The lowest BCUT2D eigenvalue weighted by Crippen LogP contribution is -2.37. The number of halogens is 2. The van der Waals surface area contributed by atoms with Crippen molar-refractivity contribution in [2.75, 3.05) is 26.2 Å². The predicted molar refractivity (Wildman–Crippen MR) is 73.7 cm³/mol. The van der Waals surface area contributed by atoms with E-state index in [1.54, 1.807) is 11.8 Å². The highest BCUT2D eigenvalue weighted by molar-refractivity contribution is 5.94. The van der Waals surface area contributed by atoms with Gasteiger partial charge in [0.2, 0.25) is 5.91 Å². The van der Waals surface area contributed by atoms with Crippen molar-refractivity contribution in [3.05, 3.63) is 35.4 Å². The van der Waals surface area contributed by atoms with Crippen molar-refractivity contribution in [3.63, 3.8) is 0 Å². The number of rotatable bonds is 2. The summed E-state index contributed by atoms with van der Waals surface area (Å²) in [5, 5.41) is 0. The van der Waals surface area contributed by atoms with Gasteiger partial charge in [-0.15, -0.1) is 0 Å². The van der Waals surface area contributed by atoms with E-state index < -0.39 is 17.5 Å². The number of carbonyl (C=O) groups excluding carboxylic acids is 2. The third-order valence-corrected chi connectivity index (χ3v) is 3.62. The molecule has 1 aliphatic heterocycles. The molecule has 2 amide bonds. The predicted octanol–water partition coefficient (Wildman–Crippen LogP) is 2.05. The average molecular weight is 296 g/mol. The van der Waals surface area contributed by atoms with Gasteiger partial charge in [-0.1, -0.05) is 13.0 Å². The van der Waals surface area contributed by atoms with Crippen LogP contribution in [0.15, 0.2) is 18.2 Å². The second-order valence-corrected chi connectivity index (χ2v) is 4.98. The Kier molecular flexibility index (Phi) is 4.88. The Morgan fingerprint density at radius 2 is 1.76 bits per heavy atom. The van der Waals surface area contributed by atoms with Gasteiger partial charge in [0.15, 0.2) is 11.6 Å². The van der Waals surface area contributed by atoms with Crippen LogP contribution in [0.25, 0.3) is 0 Å². The zero-order valence-electron chi connectivity index (χ0n) is 11.9. The van der Waals surface area contributed by atoms with Crippen LogP contribution in [0.3, 0.4) is 0 Å². The topological polar surface area (TPSA) is 40.6 Å². The number of carbonyl (C=O) groups is 2. The van der Waals surface area contributed by atoms with Crippen LogP contribution in [0, 0.1) is 11.6 Å². The van der Waals surface area contributed by atoms with Gasteiger partial charge < -0.3 is 9.80 Å². The minimum atomic E-state index is -1.12. The van der Waals surface area contributed by atoms with E-state index in [0.717, 1.165) is 6.07 Å². The molecular weight excluding hydrogens is 278 g/mol. The maximum atomic E-state index is 13.7. The van der Waals surface area contributed by atoms with Crippen molar-refractivity contribution in [1.29, 1.82) is 0 Å². The van der Waals surface area contributed by atoms with Crippen molar-refractivity contribution in [2.45, 2.75) is 19.8 Å². The van der Waals surface area contributed by atoms with Gasteiger partial charge >= 0.3 is 0 Å². The molecule has 1 aromatic rings. The summed E-state index contributed by atoms with van der Waals surface area (Å²) in [6.07, 6.45) is 1.06. The molecule has 21 heavy (non-hydrogen) atoms. The first-order valence-corrected chi connectivity index (χ1v) is 7.05. The molecule has 0 bridgehead atoms. The van der Waals surface area contributed by atoms with E-state index in [1.165, 1.54) is 17.0 Å². The van der Waals surface area contributed by atoms with Gasteiger partial charge in [0, 0.05) is 32.6 Å². The fourth-order valence-electron chi connectivity index (χ4n) is 2.43. The Hall–Kier alpha value is -1.98. The van der Waals surface area contributed by atoms with E-state index in [-0.39, 0.29) is 11.5 Å². The van der Waals surface area contributed by atoms with Gasteiger partial charge in [0.25, 0.3) is 5.91 Å². The second-order valence-electron chi connectivity index (χ2n) is 4.98. The average Bonchev–Trinajstić information content (AvgIpc) is 2.74. The third-order valence-electron chi connectivity index (χ3n) is 3.62. The van der Waals surface area contributed by atoms with Crippen molar-refractivity contribution in [2.24, 2.45) is 0 Å². The summed E-state index contributed by atoms with van der Waals surface area (Å²) in [5.41, 5.74) is -0.259. The van der Waals surface area contributed by atoms with E-state index in [4.69, 9.17) is 0 Å². The summed E-state index contributed by atoms with van der Waals surface area (Å²) in [6, 6.07) is 3.58. The first-order chi connectivity index (χ1) is 10.0. The second kappa shape index (κ2) is 6.65. The Bertz CT molecular complexity index is 548. The molecule has 114 valence electrons. The molecule has 1 aliphatic rings. The van der Waals surface area contributed by atoms with Crippen molar-refractivity contribution >= 4 is 11.8 Å². The highest BCUT2D eigenvalue weighted by atomic mass is 19.2. The summed E-state index contributed by atoms with van der Waals surface area (Å²) < 4.78 is 26.9. The lowest BCUT2D eigenvalue weighted by Gasteiger charge is -2.22. The Morgan fingerprint density at radius 1 is 1.10 bits per heavy atom. The largest absolute Gasteiger partial charge is 0.341 e. The van der Waals surface area contributed by atoms with Gasteiger partial charge in [0.1, 0.15) is 0 Å². The summed E-state index contributed by atoms with van der Waals surface area (Å²) in [6.45, 7) is 3.57. The van der Waals surface area contributed by atoms with Gasteiger partial charge in [-0.25, -0.2) is 8.78 Å². The molecule has 0 aromatic heterocycles. The molecule has 0 saturated carbocycles. The normalized spacial score (nSPS) is 15.8. The third kappa shape index (κ3) is 3.37. The highest BCUT2D eigenvalue weighted by Gasteiger charge is 2.24. The molecular formula is C15H18F2N2O2. The van der Waals surface area contributed by atoms with Crippen LogP contribution in [0.1, 0.15) is 30.1 Å². The molecule has 1 aromatic carbocycles. The Morgan fingerprint density at radius 3 is 2.48 bits per heavy atom. The molecule has 0 atom stereocenters. The summed E-state index contributed by atoms with van der Waals surface area (Å²) in [4.78, 5) is 27.1. The van der Waals surface area contributed by atoms with Gasteiger partial charge in [0.05, 0.1) is 5.56 Å². The standard InChI is InChI=1S/C15H18F2N2O2/c1-2-13(20)18-7-4-8-19(10-9-18)15(21)11-5-3-6-12(16)14(11)17/h3,5-6H,2,4,7-10H2,1H3. The van der Waals surface area contributed by atoms with Gasteiger partial charge in [-0.05, 0) is 18.6 Å². The van der Waals surface area contributed by atoms with Gasteiger partial charge in [-0.3, -0.25) is 9.59 Å². The monoisotopic (exact) mass is 296 g/mol. The van der Waals surface area contributed by atoms with E-state index in [2.05, 4.69) is 0 Å². The zero-order chi connectivity index (χ0) is 15.4. The first-order valence-electron chi connectivity index (χ1n) is 7.05. The smallest absolute Gasteiger partial charge is 0.257 e. The molecule has 0 spiro atoms. The molecule has 1 heterocycles. The molecule has 1 saturated heterocycles. The van der Waals surface area contributed by atoms with Crippen LogP contribution in [-0.4, -0.2) is 47.8 Å². The van der Waals surface area contributed by atoms with Crippen molar-refractivity contribution in [3.8, 4) is 0 Å². The van der Waals surface area contributed by atoms with Crippen LogP contribution in [-0.2, 0) is 4.79 Å². The summed E-state index contributed by atoms with van der Waals surface area (Å²) in [7, 11) is 0. The molecule has 0 unspecified atom stereocenters. The number of hydrogen-bond acceptors (Lipinski definition) is 2. The van der Waals surface area contributed by atoms with Crippen molar-refractivity contribution in [1.82, 2.24) is 9.80 Å². The van der Waals surface area contributed by atoms with E-state index in [9.17, 15) is 18.4 Å². The number of benzene rings is 1. The molecule has 4 nitrogen and oxygen atoms in total. The van der Waals surface area contributed by atoms with Crippen LogP contribution in [0.4, 0.5) is 8.78 Å². The van der Waals surface area contributed by atoms with E-state index >= 15 is 0 Å². The molecule has 0 radical (unpaired) electrons. The van der Waals surface area contributed by atoms with Crippen molar-refractivity contribution < 1.29 is 18.4 Å². The lowest BCUT2D eigenvalue weighted by molar-refractivity contribution is -0.130. The fraction of sp³-hybridized carbons (Fsp3) is 0.467. The first kappa shape index (κ1) is 15.4. The lowest BCUT2D eigenvalue weighted by atomic mass is 10.1. The van der Waals surface area contributed by atoms with E-state index in [1.807, 2.05) is 0 Å². The minimum absolute atomic E-state index is 0.0428. The van der Waals surface area contributed by atoms with Gasteiger partial charge in [-0.2, -0.15) is 0 Å². The summed E-state index contributed by atoms with van der Waals surface area (Å²) in [5.74, 6) is -2.63. The maximum Gasteiger partial charge on any atom is 0.257 e. The summed E-state index contributed by atoms with van der Waals surface area (Å²) >= 11 is 0.